The van der Waals surface area contributed by atoms with Gasteiger partial charge < -0.3 is 10.1 Å². The Hall–Kier alpha value is -2.52. The van der Waals surface area contributed by atoms with Gasteiger partial charge in [-0.05, 0) is 61.1 Å². The number of rotatable bonds is 6. The number of hydrogen-bond acceptors (Lipinski definition) is 4. The van der Waals surface area contributed by atoms with Gasteiger partial charge in [-0.3, -0.25) is 4.79 Å². The fourth-order valence-corrected chi connectivity index (χ4v) is 5.97. The number of piperidine rings is 1. The van der Waals surface area contributed by atoms with Crippen LogP contribution in [0.2, 0.25) is 0 Å². The van der Waals surface area contributed by atoms with Gasteiger partial charge >= 0.3 is 0 Å². The van der Waals surface area contributed by atoms with E-state index in [4.69, 9.17) is 4.74 Å². The van der Waals surface area contributed by atoms with Gasteiger partial charge in [-0.2, -0.15) is 4.31 Å². The van der Waals surface area contributed by atoms with Crippen LogP contribution in [0.5, 0.6) is 5.75 Å². The largest absolute Gasteiger partial charge is 0.495 e. The lowest BCUT2D eigenvalue weighted by Crippen LogP contribution is -2.42. The van der Waals surface area contributed by atoms with Crippen molar-refractivity contribution in [1.29, 1.82) is 0 Å². The van der Waals surface area contributed by atoms with E-state index in [1.54, 1.807) is 6.92 Å². The fourth-order valence-electron chi connectivity index (χ4n) is 4.11. The van der Waals surface area contributed by atoms with Crippen molar-refractivity contribution in [2.45, 2.75) is 38.1 Å². The lowest BCUT2D eigenvalue weighted by Gasteiger charge is -2.34. The summed E-state index contributed by atoms with van der Waals surface area (Å²) < 4.78 is 60.2. The van der Waals surface area contributed by atoms with Crippen molar-refractivity contribution in [3.8, 4) is 5.75 Å². The molecule has 174 valence electrons. The van der Waals surface area contributed by atoms with Gasteiger partial charge in [0.05, 0.1) is 13.2 Å². The van der Waals surface area contributed by atoms with Gasteiger partial charge in [0.25, 0.3) is 5.91 Å². The number of hydrogen-bond donors (Lipinski definition) is 1. The zero-order chi connectivity index (χ0) is 23.6. The average Bonchev–Trinajstić information content (AvgIpc) is 2.74. The number of nitrogens with zero attached hydrogens (tertiary/aromatic N) is 1. The minimum atomic E-state index is -3.88. The summed E-state index contributed by atoms with van der Waals surface area (Å²) in [5.74, 6) is -1.92. The van der Waals surface area contributed by atoms with Gasteiger partial charge in [0, 0.05) is 18.7 Å². The number of carbonyl (C=O) groups excluding carboxylic acids is 1. The van der Waals surface area contributed by atoms with Crippen LogP contribution in [0, 0.1) is 23.5 Å². The first kappa shape index (κ1) is 24.1. The SMILES string of the molecule is COc1ccc(C(=O)NC(C)c2ccc(F)c(F)c2)cc1S(=O)(=O)N1CC(C)CC(C)C1. The van der Waals surface area contributed by atoms with E-state index in [0.29, 0.717) is 18.7 Å². The Labute approximate surface area is 187 Å². The Morgan fingerprint density at radius 1 is 1.09 bits per heavy atom. The summed E-state index contributed by atoms with van der Waals surface area (Å²) in [6.45, 7) is 6.46. The number of sulfonamides is 1. The van der Waals surface area contributed by atoms with Gasteiger partial charge in [-0.1, -0.05) is 19.9 Å². The molecule has 3 unspecified atom stereocenters. The topological polar surface area (TPSA) is 75.7 Å². The van der Waals surface area contributed by atoms with Crippen molar-refractivity contribution in [3.05, 3.63) is 59.2 Å². The first-order valence-electron chi connectivity index (χ1n) is 10.5. The molecule has 2 aromatic carbocycles. The van der Waals surface area contributed by atoms with E-state index >= 15 is 0 Å². The predicted molar refractivity (Wildman–Crippen MR) is 117 cm³/mol. The molecule has 0 bridgehead atoms. The summed E-state index contributed by atoms with van der Waals surface area (Å²) in [6, 6.07) is 6.98. The van der Waals surface area contributed by atoms with E-state index in [0.717, 1.165) is 18.6 Å². The molecule has 0 radical (unpaired) electrons. The Kier molecular flexibility index (Phi) is 7.19. The third-order valence-electron chi connectivity index (χ3n) is 5.67. The molecule has 1 fully saturated rings. The van der Waals surface area contributed by atoms with Crippen molar-refractivity contribution >= 4 is 15.9 Å². The first-order chi connectivity index (χ1) is 15.0. The van der Waals surface area contributed by atoms with Crippen molar-refractivity contribution in [2.75, 3.05) is 20.2 Å². The number of ether oxygens (including phenoxy) is 1. The number of amides is 1. The molecule has 0 saturated carbocycles. The van der Waals surface area contributed by atoms with E-state index in [-0.39, 0.29) is 28.0 Å². The summed E-state index contributed by atoms with van der Waals surface area (Å²) >= 11 is 0. The Bertz CT molecular complexity index is 1100. The quantitative estimate of drug-likeness (QED) is 0.695. The van der Waals surface area contributed by atoms with Gasteiger partial charge in [0.15, 0.2) is 11.6 Å². The predicted octanol–water partition coefficient (Wildman–Crippen LogP) is 4.13. The molecule has 0 aromatic heterocycles. The lowest BCUT2D eigenvalue weighted by molar-refractivity contribution is 0.0939. The molecule has 3 atom stereocenters. The monoisotopic (exact) mass is 466 g/mol. The van der Waals surface area contributed by atoms with Crippen LogP contribution in [0.1, 0.15) is 49.2 Å². The van der Waals surface area contributed by atoms with Crippen LogP contribution in [0.3, 0.4) is 0 Å². The number of benzene rings is 2. The minimum absolute atomic E-state index is 0.0746. The second-order valence-corrected chi connectivity index (χ2v) is 10.4. The number of carbonyl (C=O) groups is 1. The molecule has 1 heterocycles. The lowest BCUT2D eigenvalue weighted by atomic mass is 9.94. The summed E-state index contributed by atoms with van der Waals surface area (Å²) in [5.41, 5.74) is 0.506. The molecule has 1 amide bonds. The van der Waals surface area contributed by atoms with Crippen LogP contribution >= 0.6 is 0 Å². The third-order valence-corrected chi connectivity index (χ3v) is 7.52. The molecule has 32 heavy (non-hydrogen) atoms. The number of halogens is 2. The van der Waals surface area contributed by atoms with Gasteiger partial charge in [0.1, 0.15) is 10.6 Å². The van der Waals surface area contributed by atoms with Crippen LogP contribution in [0.25, 0.3) is 0 Å². The van der Waals surface area contributed by atoms with Crippen molar-refractivity contribution < 1.29 is 26.7 Å². The van der Waals surface area contributed by atoms with E-state index in [2.05, 4.69) is 5.32 Å². The van der Waals surface area contributed by atoms with Crippen LogP contribution < -0.4 is 10.1 Å². The highest BCUT2D eigenvalue weighted by Gasteiger charge is 2.34. The second kappa shape index (κ2) is 9.54. The van der Waals surface area contributed by atoms with Crippen LogP contribution in [0.4, 0.5) is 8.78 Å². The molecular formula is C23H28F2N2O4S. The number of nitrogens with one attached hydrogen (secondary N) is 1. The fraction of sp³-hybridized carbons (Fsp3) is 0.435. The highest BCUT2D eigenvalue weighted by Crippen LogP contribution is 2.32. The van der Waals surface area contributed by atoms with E-state index in [9.17, 15) is 22.0 Å². The molecule has 6 nitrogen and oxygen atoms in total. The summed E-state index contributed by atoms with van der Waals surface area (Å²) in [7, 11) is -2.50. The third kappa shape index (κ3) is 5.10. The molecule has 1 aliphatic rings. The summed E-state index contributed by atoms with van der Waals surface area (Å²) in [4.78, 5) is 12.7. The van der Waals surface area contributed by atoms with E-state index in [1.807, 2.05) is 13.8 Å². The molecule has 9 heteroatoms. The normalized spacial score (nSPS) is 20.6. The Morgan fingerprint density at radius 2 is 1.75 bits per heavy atom. The maximum Gasteiger partial charge on any atom is 0.251 e. The smallest absolute Gasteiger partial charge is 0.251 e. The highest BCUT2D eigenvalue weighted by atomic mass is 32.2. The maximum atomic E-state index is 13.5. The highest BCUT2D eigenvalue weighted by molar-refractivity contribution is 7.89. The zero-order valence-corrected chi connectivity index (χ0v) is 19.4. The summed E-state index contributed by atoms with van der Waals surface area (Å²) in [6.07, 6.45) is 0.952. The first-order valence-corrected chi connectivity index (χ1v) is 11.9. The van der Waals surface area contributed by atoms with Gasteiger partial charge in [-0.25, -0.2) is 17.2 Å². The van der Waals surface area contributed by atoms with Gasteiger partial charge in [0.2, 0.25) is 10.0 Å². The molecule has 1 aliphatic heterocycles. The average molecular weight is 467 g/mol. The standard InChI is InChI=1S/C23H28F2N2O4S/c1-14-9-15(2)13-27(12-14)32(29,30)22-11-18(6-8-21(22)31-4)23(28)26-16(3)17-5-7-19(24)20(25)10-17/h5-8,10-11,14-16H,9,12-13H2,1-4H3,(H,26,28). The number of methoxy groups -OCH3 is 1. The van der Waals surface area contributed by atoms with E-state index < -0.39 is 33.6 Å². The molecule has 0 spiro atoms. The van der Waals surface area contributed by atoms with Crippen LogP contribution in [0.15, 0.2) is 41.3 Å². The minimum Gasteiger partial charge on any atom is -0.495 e. The molecule has 3 rings (SSSR count). The second-order valence-electron chi connectivity index (χ2n) is 8.50. The molecular weight excluding hydrogens is 438 g/mol. The molecule has 2 aromatic rings. The van der Waals surface area contributed by atoms with E-state index in [1.165, 1.54) is 35.7 Å². The van der Waals surface area contributed by atoms with Crippen molar-refractivity contribution in [2.24, 2.45) is 11.8 Å². The summed E-state index contributed by atoms with van der Waals surface area (Å²) in [5, 5.41) is 2.69. The Morgan fingerprint density at radius 3 is 2.34 bits per heavy atom. The van der Waals surface area contributed by atoms with Crippen LogP contribution in [-0.2, 0) is 10.0 Å². The van der Waals surface area contributed by atoms with Crippen LogP contribution in [-0.4, -0.2) is 38.8 Å². The maximum absolute atomic E-state index is 13.5. The van der Waals surface area contributed by atoms with Crippen molar-refractivity contribution in [1.82, 2.24) is 9.62 Å². The molecule has 1 N–H and O–H groups in total. The molecule has 0 aliphatic carbocycles. The van der Waals surface area contributed by atoms with Crippen molar-refractivity contribution in [3.63, 3.8) is 0 Å². The zero-order valence-electron chi connectivity index (χ0n) is 18.6. The van der Waals surface area contributed by atoms with Gasteiger partial charge in [-0.15, -0.1) is 0 Å². The Balaban J connectivity index is 1.88. The molecule has 1 saturated heterocycles.